The monoisotopic (exact) mass is 1240 g/mol. The van der Waals surface area contributed by atoms with Gasteiger partial charge in [-0.2, -0.15) is 0 Å². The molecule has 0 aliphatic carbocycles. The molecule has 3 atom stereocenters. The third-order valence-corrected chi connectivity index (χ3v) is 18.4. The summed E-state index contributed by atoms with van der Waals surface area (Å²) < 4.78 is 23.5. The lowest BCUT2D eigenvalue weighted by molar-refractivity contribution is -0.870. The zero-order valence-electron chi connectivity index (χ0n) is 58.7. The molecule has 0 fully saturated rings. The van der Waals surface area contributed by atoms with Gasteiger partial charge in [-0.15, -0.1) is 0 Å². The average molecular weight is 1240 g/mol. The Morgan fingerprint density at radius 2 is 0.678 bits per heavy atom. The molecule has 0 rings (SSSR count). The Morgan fingerprint density at radius 3 is 1.01 bits per heavy atom. The standard InChI is InChI=1S/C78H149N2O6P/c1-6-8-10-12-14-16-18-20-22-24-26-28-30-32-34-35-36-37-38-39-40-41-42-43-44-45-46-48-50-52-54-56-58-60-62-64-66-68-70-72-78(82)79-76(75-86-87(83,84)85-74-73-80(3,4)5)77(81)71-69-67-65-63-61-59-57-55-53-51-49-47-33-31-29-27-25-23-21-19-17-15-13-11-9-7-2/h18,20,24,26,30,32,61,63,69,71,76-77,81H,6-17,19,21-23,25,27-29,31,33-60,62,64-68,70,72-75H2,1-5H3,(H-,79,82,83,84)/b20-18-,26-24-,32-30-,63-61+,71-69+. The molecule has 0 aliphatic rings. The number of nitrogens with one attached hydrogen (secondary N) is 1. The normalized spacial score (nSPS) is 13.9. The molecule has 87 heavy (non-hydrogen) atoms. The number of unbranched alkanes of at least 4 members (excludes halogenated alkanes) is 50. The van der Waals surface area contributed by atoms with Crippen molar-refractivity contribution in [3.05, 3.63) is 60.8 Å². The number of phosphoric ester groups is 1. The number of carbonyl (C=O) groups is 1. The molecule has 1 amide bonds. The van der Waals surface area contributed by atoms with Gasteiger partial charge in [-0.1, -0.05) is 364 Å². The van der Waals surface area contributed by atoms with Crippen LogP contribution in [0.5, 0.6) is 0 Å². The van der Waals surface area contributed by atoms with Gasteiger partial charge in [0.2, 0.25) is 5.91 Å². The molecule has 0 aromatic heterocycles. The summed E-state index contributed by atoms with van der Waals surface area (Å²) in [6.07, 6.45) is 95.2. The summed E-state index contributed by atoms with van der Waals surface area (Å²) in [7, 11) is 1.26. The second kappa shape index (κ2) is 68.6. The Labute approximate surface area is 542 Å². The summed E-state index contributed by atoms with van der Waals surface area (Å²) in [5.74, 6) is -0.200. The van der Waals surface area contributed by atoms with Crippen molar-refractivity contribution in [3.8, 4) is 0 Å². The summed E-state index contributed by atoms with van der Waals surface area (Å²) in [6, 6.07) is -0.905. The summed E-state index contributed by atoms with van der Waals surface area (Å²) >= 11 is 0. The lowest BCUT2D eigenvalue weighted by Gasteiger charge is -2.29. The molecule has 0 saturated carbocycles. The minimum atomic E-state index is -4.61. The van der Waals surface area contributed by atoms with Crippen molar-refractivity contribution >= 4 is 13.7 Å². The number of rotatable bonds is 71. The SMILES string of the molecule is CCCCCCC/C=C\C/C=C\C/C=C\CCCCCCCCCCCCCCCCCCCCCCCCCCC(=O)NC(COP(=O)([O-])OCC[N+](C)(C)C)C(O)/C=C/CC/C=C/CCCCCCCCCCCCCCCCCCCCCC. The zero-order chi connectivity index (χ0) is 63.4. The van der Waals surface area contributed by atoms with E-state index in [1.165, 1.54) is 308 Å². The van der Waals surface area contributed by atoms with E-state index < -0.39 is 20.0 Å². The Kier molecular flexibility index (Phi) is 67.1. The van der Waals surface area contributed by atoms with Gasteiger partial charge in [-0.3, -0.25) is 9.36 Å². The number of carbonyl (C=O) groups excluding carboxylic acids is 1. The number of quaternary nitrogens is 1. The molecule has 0 aromatic carbocycles. The average Bonchev–Trinajstić information content (AvgIpc) is 3.69. The van der Waals surface area contributed by atoms with E-state index in [1.807, 2.05) is 27.2 Å². The third kappa shape index (κ3) is 71.5. The van der Waals surface area contributed by atoms with E-state index in [1.54, 1.807) is 6.08 Å². The quantitative estimate of drug-likeness (QED) is 0.0272. The van der Waals surface area contributed by atoms with Crippen molar-refractivity contribution in [1.29, 1.82) is 0 Å². The van der Waals surface area contributed by atoms with Crippen LogP contribution >= 0.6 is 7.82 Å². The second-order valence-electron chi connectivity index (χ2n) is 27.4. The van der Waals surface area contributed by atoms with Gasteiger partial charge < -0.3 is 28.8 Å². The van der Waals surface area contributed by atoms with Crippen molar-refractivity contribution in [2.75, 3.05) is 40.9 Å². The van der Waals surface area contributed by atoms with Gasteiger partial charge in [0.25, 0.3) is 7.82 Å². The minimum absolute atomic E-state index is 0.00537. The third-order valence-electron chi connectivity index (χ3n) is 17.4. The summed E-state index contributed by atoms with van der Waals surface area (Å²) in [6.45, 7) is 4.67. The predicted molar refractivity (Wildman–Crippen MR) is 381 cm³/mol. The van der Waals surface area contributed by atoms with Crippen LogP contribution in [-0.4, -0.2) is 68.5 Å². The molecule has 0 aromatic rings. The maximum absolute atomic E-state index is 13.1. The van der Waals surface area contributed by atoms with Crippen LogP contribution in [0.2, 0.25) is 0 Å². The second-order valence-corrected chi connectivity index (χ2v) is 28.8. The number of amides is 1. The van der Waals surface area contributed by atoms with Gasteiger partial charge in [0.05, 0.1) is 39.9 Å². The van der Waals surface area contributed by atoms with E-state index in [0.29, 0.717) is 17.4 Å². The fraction of sp³-hybridized carbons (Fsp3) is 0.859. The molecule has 9 heteroatoms. The molecule has 3 unspecified atom stereocenters. The van der Waals surface area contributed by atoms with Crippen molar-refractivity contribution in [1.82, 2.24) is 5.32 Å². The molecule has 8 nitrogen and oxygen atoms in total. The van der Waals surface area contributed by atoms with Gasteiger partial charge >= 0.3 is 0 Å². The van der Waals surface area contributed by atoms with Crippen LogP contribution in [0, 0.1) is 0 Å². The zero-order valence-corrected chi connectivity index (χ0v) is 59.6. The molecule has 0 radical (unpaired) electrons. The first-order valence-electron chi connectivity index (χ1n) is 38.2. The van der Waals surface area contributed by atoms with Crippen LogP contribution in [0.25, 0.3) is 0 Å². The minimum Gasteiger partial charge on any atom is -0.756 e. The van der Waals surface area contributed by atoms with Crippen LogP contribution in [-0.2, 0) is 18.4 Å². The van der Waals surface area contributed by atoms with Gasteiger partial charge in [0.15, 0.2) is 0 Å². The van der Waals surface area contributed by atoms with E-state index in [9.17, 15) is 19.4 Å². The van der Waals surface area contributed by atoms with Crippen molar-refractivity contribution in [2.45, 2.75) is 392 Å². The maximum atomic E-state index is 13.1. The molecule has 2 N–H and O–H groups in total. The molecule has 0 saturated heterocycles. The largest absolute Gasteiger partial charge is 0.756 e. The van der Waals surface area contributed by atoms with E-state index >= 15 is 0 Å². The first-order chi connectivity index (χ1) is 42.5. The Morgan fingerprint density at radius 1 is 0.402 bits per heavy atom. The van der Waals surface area contributed by atoms with Crippen LogP contribution < -0.4 is 10.2 Å². The molecule has 0 aliphatic heterocycles. The van der Waals surface area contributed by atoms with E-state index in [2.05, 4.69) is 67.8 Å². The van der Waals surface area contributed by atoms with Gasteiger partial charge in [-0.25, -0.2) is 0 Å². The summed E-state index contributed by atoms with van der Waals surface area (Å²) in [5, 5.41) is 14.0. The highest BCUT2D eigenvalue weighted by atomic mass is 31.2. The van der Waals surface area contributed by atoms with Crippen molar-refractivity contribution < 1.29 is 32.9 Å². The Bertz CT molecular complexity index is 1600. The van der Waals surface area contributed by atoms with Gasteiger partial charge in [0.1, 0.15) is 13.2 Å². The number of hydrogen-bond acceptors (Lipinski definition) is 6. The molecular formula is C78H149N2O6P. The molecule has 0 heterocycles. The first-order valence-corrected chi connectivity index (χ1v) is 39.6. The maximum Gasteiger partial charge on any atom is 0.268 e. The Balaban J connectivity index is 3.98. The van der Waals surface area contributed by atoms with Crippen molar-refractivity contribution in [3.63, 3.8) is 0 Å². The number of likely N-dealkylation sites (N-methyl/N-ethyl adjacent to an activating group) is 1. The summed E-state index contributed by atoms with van der Waals surface area (Å²) in [4.78, 5) is 25.7. The van der Waals surface area contributed by atoms with Gasteiger partial charge in [-0.05, 0) is 70.6 Å². The number of aliphatic hydroxyl groups is 1. The molecule has 0 spiro atoms. The topological polar surface area (TPSA) is 108 Å². The first kappa shape index (κ1) is 85.2. The fourth-order valence-corrected chi connectivity index (χ4v) is 12.3. The highest BCUT2D eigenvalue weighted by Crippen LogP contribution is 2.38. The van der Waals surface area contributed by atoms with Crippen molar-refractivity contribution in [2.24, 2.45) is 0 Å². The number of hydrogen-bond donors (Lipinski definition) is 2. The number of nitrogens with zero attached hydrogens (tertiary/aromatic N) is 1. The lowest BCUT2D eigenvalue weighted by Crippen LogP contribution is -2.45. The van der Waals surface area contributed by atoms with E-state index in [0.717, 1.165) is 51.4 Å². The fourth-order valence-electron chi connectivity index (χ4n) is 11.5. The highest BCUT2D eigenvalue weighted by Gasteiger charge is 2.23. The van der Waals surface area contributed by atoms with E-state index in [-0.39, 0.29) is 19.1 Å². The smallest absolute Gasteiger partial charge is 0.268 e. The number of allylic oxidation sites excluding steroid dienone is 9. The molecular weight excluding hydrogens is 1090 g/mol. The highest BCUT2D eigenvalue weighted by molar-refractivity contribution is 7.45. The Hall–Kier alpha value is -1.80. The number of phosphoric acid groups is 1. The van der Waals surface area contributed by atoms with E-state index in [4.69, 9.17) is 9.05 Å². The molecule has 0 bridgehead atoms. The number of aliphatic hydroxyl groups excluding tert-OH is 1. The van der Waals surface area contributed by atoms with Gasteiger partial charge in [0, 0.05) is 6.42 Å². The van der Waals surface area contributed by atoms with Crippen LogP contribution in [0.3, 0.4) is 0 Å². The van der Waals surface area contributed by atoms with Crippen LogP contribution in [0.1, 0.15) is 380 Å². The predicted octanol–water partition coefficient (Wildman–Crippen LogP) is 24.1. The van der Waals surface area contributed by atoms with Crippen LogP contribution in [0.15, 0.2) is 60.8 Å². The van der Waals surface area contributed by atoms with Crippen LogP contribution in [0.4, 0.5) is 0 Å². The summed E-state index contributed by atoms with van der Waals surface area (Å²) in [5.41, 5.74) is 0. The lowest BCUT2D eigenvalue weighted by atomic mass is 10.0. The molecule has 512 valence electrons.